The summed E-state index contributed by atoms with van der Waals surface area (Å²) in [4.78, 5) is 41.2. The number of benzene rings is 1. The smallest absolute Gasteiger partial charge is 0.311 e. The summed E-state index contributed by atoms with van der Waals surface area (Å²) >= 11 is 1.18. The highest BCUT2D eigenvalue weighted by Crippen LogP contribution is 2.28. The minimum absolute atomic E-state index is 0.000556. The van der Waals surface area contributed by atoms with Gasteiger partial charge < -0.3 is 15.0 Å². The molecule has 3 rings (SSSR count). The molecule has 1 aromatic carbocycles. The Kier molecular flexibility index (Phi) is 5.27. The van der Waals surface area contributed by atoms with Gasteiger partial charge in [0.25, 0.3) is 0 Å². The van der Waals surface area contributed by atoms with Crippen molar-refractivity contribution in [2.24, 2.45) is 5.92 Å². The largest absolute Gasteiger partial charge is 0.469 e. The van der Waals surface area contributed by atoms with Crippen molar-refractivity contribution in [2.75, 3.05) is 23.9 Å². The van der Waals surface area contributed by atoms with Crippen molar-refractivity contribution in [3.63, 3.8) is 0 Å². The first-order valence-electron chi connectivity index (χ1n) is 7.85. The Morgan fingerprint density at radius 1 is 1.42 bits per heavy atom. The van der Waals surface area contributed by atoms with Crippen molar-refractivity contribution in [1.82, 2.24) is 4.98 Å². The lowest BCUT2D eigenvalue weighted by molar-refractivity contribution is -0.139. The molecule has 1 fully saturated rings. The number of methoxy groups -OCH3 is 1. The number of anilines is 2. The quantitative estimate of drug-likeness (QED) is 0.805. The first-order valence-corrected chi connectivity index (χ1v) is 8.73. The van der Waals surface area contributed by atoms with E-state index in [2.05, 4.69) is 15.0 Å². The van der Waals surface area contributed by atoms with Crippen LogP contribution in [0.25, 0.3) is 0 Å². The molecule has 1 aliphatic heterocycles. The van der Waals surface area contributed by atoms with E-state index in [4.69, 9.17) is 0 Å². The van der Waals surface area contributed by atoms with Gasteiger partial charge in [-0.1, -0.05) is 12.1 Å². The summed E-state index contributed by atoms with van der Waals surface area (Å²) < 4.78 is 18.5. The molecule has 1 N–H and O–H groups in total. The fraction of sp³-hybridized carbons (Fsp3) is 0.294. The number of esters is 1. The maximum atomic E-state index is 13.9. The molecule has 136 valence electrons. The molecule has 9 heteroatoms. The van der Waals surface area contributed by atoms with E-state index in [1.54, 1.807) is 11.4 Å². The van der Waals surface area contributed by atoms with Gasteiger partial charge in [-0.15, -0.1) is 11.3 Å². The summed E-state index contributed by atoms with van der Waals surface area (Å²) in [5, 5.41) is 4.64. The highest BCUT2D eigenvalue weighted by Gasteiger charge is 2.36. The van der Waals surface area contributed by atoms with Crippen LogP contribution in [0.15, 0.2) is 29.6 Å². The standard InChI is InChI=1S/C17H16FN3O4S/c1-25-15(23)7-11-9-26-17(19-11)20-16(24)10-6-14(22)21(8-10)13-5-3-2-4-12(13)18/h2-5,9-10H,6-8H2,1H3,(H,19,20,24). The van der Waals surface area contributed by atoms with E-state index in [0.717, 1.165) is 0 Å². The summed E-state index contributed by atoms with van der Waals surface area (Å²) in [5.74, 6) is -2.20. The fourth-order valence-electron chi connectivity index (χ4n) is 2.66. The lowest BCUT2D eigenvalue weighted by atomic mass is 10.1. The van der Waals surface area contributed by atoms with Gasteiger partial charge in [0, 0.05) is 18.3 Å². The highest BCUT2D eigenvalue weighted by atomic mass is 32.1. The minimum atomic E-state index is -0.602. The number of nitrogens with one attached hydrogen (secondary N) is 1. The molecule has 26 heavy (non-hydrogen) atoms. The minimum Gasteiger partial charge on any atom is -0.469 e. The number of carbonyl (C=O) groups is 3. The van der Waals surface area contributed by atoms with Gasteiger partial charge in [0.1, 0.15) is 5.82 Å². The number of thiazole rings is 1. The van der Waals surface area contributed by atoms with Gasteiger partial charge in [-0.2, -0.15) is 0 Å². The van der Waals surface area contributed by atoms with E-state index in [1.807, 2.05) is 0 Å². The van der Waals surface area contributed by atoms with Gasteiger partial charge in [-0.25, -0.2) is 9.37 Å². The number of halogens is 1. The molecule has 1 aliphatic rings. The van der Waals surface area contributed by atoms with Crippen molar-refractivity contribution in [3.05, 3.63) is 41.2 Å². The van der Waals surface area contributed by atoms with Crippen molar-refractivity contribution in [1.29, 1.82) is 0 Å². The van der Waals surface area contributed by atoms with Gasteiger partial charge in [0.15, 0.2) is 5.13 Å². The Bertz CT molecular complexity index is 854. The van der Waals surface area contributed by atoms with Crippen molar-refractivity contribution in [2.45, 2.75) is 12.8 Å². The number of amides is 2. The SMILES string of the molecule is COC(=O)Cc1csc(NC(=O)C2CC(=O)N(c3ccccc3F)C2)n1. The number of nitrogens with zero attached hydrogens (tertiary/aromatic N) is 2. The third kappa shape index (κ3) is 3.88. The second-order valence-corrected chi connectivity index (χ2v) is 6.60. The van der Waals surface area contributed by atoms with Crippen LogP contribution in [-0.4, -0.2) is 36.4 Å². The molecule has 1 unspecified atom stereocenters. The van der Waals surface area contributed by atoms with Gasteiger partial charge >= 0.3 is 5.97 Å². The average molecular weight is 377 g/mol. The number of ether oxygens (including phenoxy) is 1. The fourth-order valence-corrected chi connectivity index (χ4v) is 3.37. The van der Waals surface area contributed by atoms with Crippen LogP contribution in [0.2, 0.25) is 0 Å². The molecule has 0 radical (unpaired) electrons. The van der Waals surface area contributed by atoms with Gasteiger partial charge in [-0.05, 0) is 12.1 Å². The van der Waals surface area contributed by atoms with E-state index in [0.29, 0.717) is 10.8 Å². The Hall–Kier alpha value is -2.81. The Balaban J connectivity index is 1.63. The summed E-state index contributed by atoms with van der Waals surface area (Å²) in [7, 11) is 1.29. The summed E-state index contributed by atoms with van der Waals surface area (Å²) in [6.07, 6.45) is 0.0202. The molecule has 0 spiro atoms. The predicted molar refractivity (Wildman–Crippen MR) is 93.3 cm³/mol. The molecule has 0 aliphatic carbocycles. The first kappa shape index (κ1) is 18.0. The van der Waals surface area contributed by atoms with Crippen LogP contribution in [0.3, 0.4) is 0 Å². The lowest BCUT2D eigenvalue weighted by Gasteiger charge is -2.17. The van der Waals surface area contributed by atoms with E-state index in [-0.39, 0.29) is 36.9 Å². The van der Waals surface area contributed by atoms with Crippen LogP contribution < -0.4 is 10.2 Å². The third-order valence-electron chi connectivity index (χ3n) is 3.97. The van der Waals surface area contributed by atoms with E-state index >= 15 is 0 Å². The molecular weight excluding hydrogens is 361 g/mol. The summed E-state index contributed by atoms with van der Waals surface area (Å²) in [6.45, 7) is 0.103. The van der Waals surface area contributed by atoms with Crippen molar-refractivity contribution >= 4 is 39.9 Å². The Morgan fingerprint density at radius 2 is 2.19 bits per heavy atom. The zero-order chi connectivity index (χ0) is 18.7. The zero-order valence-corrected chi connectivity index (χ0v) is 14.7. The maximum Gasteiger partial charge on any atom is 0.311 e. The Labute approximate surface area is 152 Å². The van der Waals surface area contributed by atoms with Crippen LogP contribution in [0, 0.1) is 11.7 Å². The summed E-state index contributed by atoms with van der Waals surface area (Å²) in [6, 6.07) is 5.96. The van der Waals surface area contributed by atoms with Crippen molar-refractivity contribution in [3.8, 4) is 0 Å². The predicted octanol–water partition coefficient (Wildman–Crippen LogP) is 1.99. The molecule has 2 amide bonds. The van der Waals surface area contributed by atoms with E-state index in [9.17, 15) is 18.8 Å². The number of rotatable bonds is 5. The molecule has 0 bridgehead atoms. The third-order valence-corrected chi connectivity index (χ3v) is 4.78. The molecule has 1 aromatic heterocycles. The Morgan fingerprint density at radius 3 is 2.92 bits per heavy atom. The van der Waals surface area contributed by atoms with Crippen LogP contribution in [0.4, 0.5) is 15.2 Å². The monoisotopic (exact) mass is 377 g/mol. The van der Waals surface area contributed by atoms with E-state index in [1.165, 1.54) is 41.5 Å². The molecule has 2 aromatic rings. The van der Waals surface area contributed by atoms with Gasteiger partial charge in [-0.3, -0.25) is 14.4 Å². The molecular formula is C17H16FN3O4S. The lowest BCUT2D eigenvalue weighted by Crippen LogP contribution is -2.28. The number of carbonyl (C=O) groups excluding carboxylic acids is 3. The first-order chi connectivity index (χ1) is 12.5. The van der Waals surface area contributed by atoms with Crippen LogP contribution >= 0.6 is 11.3 Å². The molecule has 2 heterocycles. The second-order valence-electron chi connectivity index (χ2n) is 5.74. The molecule has 0 saturated carbocycles. The summed E-state index contributed by atoms with van der Waals surface area (Å²) in [5.41, 5.74) is 0.662. The molecule has 1 atom stereocenters. The van der Waals surface area contributed by atoms with Crippen LogP contribution in [0.1, 0.15) is 12.1 Å². The number of hydrogen-bond acceptors (Lipinski definition) is 6. The second kappa shape index (κ2) is 7.61. The van der Waals surface area contributed by atoms with Gasteiger partial charge in [0.2, 0.25) is 11.8 Å². The van der Waals surface area contributed by atoms with Crippen molar-refractivity contribution < 1.29 is 23.5 Å². The van der Waals surface area contributed by atoms with E-state index < -0.39 is 17.7 Å². The van der Waals surface area contributed by atoms with Crippen LogP contribution in [-0.2, 0) is 25.5 Å². The zero-order valence-electron chi connectivity index (χ0n) is 13.9. The maximum absolute atomic E-state index is 13.9. The van der Waals surface area contributed by atoms with Gasteiger partial charge in [0.05, 0.1) is 30.8 Å². The number of aromatic nitrogens is 1. The average Bonchev–Trinajstić information content (AvgIpc) is 3.22. The molecule has 7 nitrogen and oxygen atoms in total. The topological polar surface area (TPSA) is 88.6 Å². The highest BCUT2D eigenvalue weighted by molar-refractivity contribution is 7.13. The normalized spacial score (nSPS) is 16.6. The number of hydrogen-bond donors (Lipinski definition) is 1. The molecule has 1 saturated heterocycles. The number of para-hydroxylation sites is 1. The van der Waals surface area contributed by atoms with Crippen LogP contribution in [0.5, 0.6) is 0 Å².